The van der Waals surface area contributed by atoms with E-state index in [1.54, 1.807) is 11.1 Å². The minimum Gasteiger partial charge on any atom is -0.488 e. The molecule has 2 aromatic rings. The molecule has 0 spiro atoms. The summed E-state index contributed by atoms with van der Waals surface area (Å²) < 4.78 is 11.2. The Kier molecular flexibility index (Phi) is 5.13. The van der Waals surface area contributed by atoms with Crippen LogP contribution in [-0.2, 0) is 11.3 Å². The third-order valence-electron chi connectivity index (χ3n) is 5.07. The molecule has 1 saturated heterocycles. The van der Waals surface area contributed by atoms with Crippen LogP contribution in [0.3, 0.4) is 0 Å². The van der Waals surface area contributed by atoms with Crippen molar-refractivity contribution in [1.82, 2.24) is 9.88 Å². The minimum atomic E-state index is -0.255. The fourth-order valence-electron chi connectivity index (χ4n) is 3.75. The lowest BCUT2D eigenvalue weighted by Crippen LogP contribution is -2.37. The molecule has 0 atom stereocenters. The second-order valence-electron chi connectivity index (χ2n) is 6.87. The number of ether oxygens (including phenoxy) is 2. The molecule has 0 bridgehead atoms. The van der Waals surface area contributed by atoms with Gasteiger partial charge in [0.05, 0.1) is 24.2 Å². The van der Waals surface area contributed by atoms with E-state index in [0.29, 0.717) is 37.0 Å². The van der Waals surface area contributed by atoms with Crippen LogP contribution < -0.4 is 10.5 Å². The Morgan fingerprint density at radius 1 is 1.32 bits per heavy atom. The average Bonchev–Trinajstić information content (AvgIpc) is 2.84. The molecule has 28 heavy (non-hydrogen) atoms. The molecular formula is C21H22ClN3O3. The van der Waals surface area contributed by atoms with E-state index in [2.05, 4.69) is 4.98 Å². The summed E-state index contributed by atoms with van der Waals surface area (Å²) in [5.74, 6) is 0.736. The number of fused-ring (bicyclic) bond motifs is 2. The normalized spacial score (nSPS) is 16.0. The van der Waals surface area contributed by atoms with Gasteiger partial charge in [0.1, 0.15) is 12.4 Å². The molecule has 2 N–H and O–H groups in total. The van der Waals surface area contributed by atoms with Crippen LogP contribution in [0.4, 0.5) is 10.5 Å². The summed E-state index contributed by atoms with van der Waals surface area (Å²) in [5.41, 5.74) is 11.7. The van der Waals surface area contributed by atoms with Gasteiger partial charge in [0.15, 0.2) is 0 Å². The Balaban J connectivity index is 1.77. The fraction of sp³-hybridized carbons (Fsp3) is 0.333. The minimum absolute atomic E-state index is 0.255. The number of benzene rings is 1. The highest BCUT2D eigenvalue weighted by molar-refractivity contribution is 6.30. The van der Waals surface area contributed by atoms with E-state index in [9.17, 15) is 4.79 Å². The van der Waals surface area contributed by atoms with Gasteiger partial charge in [-0.1, -0.05) is 17.2 Å². The second kappa shape index (κ2) is 7.72. The Hall–Kier alpha value is -2.73. The summed E-state index contributed by atoms with van der Waals surface area (Å²) >= 11 is 6.19. The molecule has 1 amide bonds. The van der Waals surface area contributed by atoms with Crippen LogP contribution in [0.15, 0.2) is 36.0 Å². The van der Waals surface area contributed by atoms with Crippen LogP contribution in [0.2, 0.25) is 5.02 Å². The number of nitrogen functional groups attached to an aromatic ring is 1. The molecule has 146 valence electrons. The number of anilines is 1. The first-order valence-electron chi connectivity index (χ1n) is 9.38. The second-order valence-corrected chi connectivity index (χ2v) is 7.31. The topological polar surface area (TPSA) is 77.7 Å². The Morgan fingerprint density at radius 2 is 2.11 bits per heavy atom. The maximum absolute atomic E-state index is 12.0. The van der Waals surface area contributed by atoms with Crippen molar-refractivity contribution in [3.8, 4) is 5.75 Å². The monoisotopic (exact) mass is 399 g/mol. The molecule has 1 fully saturated rings. The molecule has 0 unspecified atom stereocenters. The van der Waals surface area contributed by atoms with Gasteiger partial charge in [-0.2, -0.15) is 0 Å². The smallest absolute Gasteiger partial charge is 0.409 e. The number of pyridine rings is 1. The number of carbonyl (C=O) groups is 1. The van der Waals surface area contributed by atoms with E-state index in [0.717, 1.165) is 41.0 Å². The molecule has 6 nitrogen and oxygen atoms in total. The van der Waals surface area contributed by atoms with Crippen molar-refractivity contribution in [2.24, 2.45) is 0 Å². The Bertz CT molecular complexity index is 892. The maximum atomic E-state index is 12.0. The number of rotatable bonds is 1. The number of aromatic nitrogens is 1. The zero-order valence-electron chi connectivity index (χ0n) is 15.7. The van der Waals surface area contributed by atoms with Crippen LogP contribution in [0.1, 0.15) is 36.6 Å². The first kappa shape index (κ1) is 18.6. The van der Waals surface area contributed by atoms with E-state index < -0.39 is 0 Å². The number of hydrogen-bond donors (Lipinski definition) is 1. The average molecular weight is 400 g/mol. The van der Waals surface area contributed by atoms with E-state index in [1.165, 1.54) is 5.57 Å². The van der Waals surface area contributed by atoms with E-state index in [4.69, 9.17) is 26.8 Å². The van der Waals surface area contributed by atoms with Gasteiger partial charge >= 0.3 is 6.09 Å². The Morgan fingerprint density at radius 3 is 2.86 bits per heavy atom. The number of hydrogen-bond acceptors (Lipinski definition) is 5. The highest BCUT2D eigenvalue weighted by Crippen LogP contribution is 2.41. The van der Waals surface area contributed by atoms with Crippen LogP contribution in [0, 0.1) is 0 Å². The molecule has 3 heterocycles. The van der Waals surface area contributed by atoms with Crippen molar-refractivity contribution in [1.29, 1.82) is 0 Å². The Labute approximate surface area is 168 Å². The molecule has 1 aromatic carbocycles. The van der Waals surface area contributed by atoms with E-state index in [-0.39, 0.29) is 6.09 Å². The lowest BCUT2D eigenvalue weighted by molar-refractivity contribution is 0.104. The van der Waals surface area contributed by atoms with Gasteiger partial charge in [0.2, 0.25) is 0 Å². The van der Waals surface area contributed by atoms with E-state index >= 15 is 0 Å². The van der Waals surface area contributed by atoms with Crippen molar-refractivity contribution in [3.05, 3.63) is 57.9 Å². The largest absolute Gasteiger partial charge is 0.488 e. The standard InChI is InChI=1S/C21H22ClN3O3/c1-2-27-21(26)25-7-5-13(6-8-25)19-17-4-3-15(22)10-18(17)28-12-14-9-16(23)11-24-20(14)19/h3-4,9-11H,2,5-8,12,23H2,1H3. The molecule has 0 aliphatic carbocycles. The van der Waals surface area contributed by atoms with Gasteiger partial charge in [-0.05, 0) is 44.0 Å². The zero-order valence-corrected chi connectivity index (χ0v) is 16.5. The van der Waals surface area contributed by atoms with Crippen molar-refractivity contribution >= 4 is 29.0 Å². The molecule has 0 saturated carbocycles. The maximum Gasteiger partial charge on any atom is 0.409 e. The molecule has 0 radical (unpaired) electrons. The fourth-order valence-corrected chi connectivity index (χ4v) is 3.91. The molecule has 7 heteroatoms. The van der Waals surface area contributed by atoms with Crippen LogP contribution in [0.5, 0.6) is 5.75 Å². The third-order valence-corrected chi connectivity index (χ3v) is 5.30. The van der Waals surface area contributed by atoms with Gasteiger partial charge in [0.25, 0.3) is 0 Å². The first-order valence-corrected chi connectivity index (χ1v) is 9.76. The highest BCUT2D eigenvalue weighted by Gasteiger charge is 2.27. The van der Waals surface area contributed by atoms with Gasteiger partial charge in [0, 0.05) is 34.8 Å². The highest BCUT2D eigenvalue weighted by atomic mass is 35.5. The predicted molar refractivity (Wildman–Crippen MR) is 108 cm³/mol. The summed E-state index contributed by atoms with van der Waals surface area (Å²) in [4.78, 5) is 18.4. The van der Waals surface area contributed by atoms with Crippen LogP contribution in [-0.4, -0.2) is 35.7 Å². The molecule has 2 aliphatic heterocycles. The van der Waals surface area contributed by atoms with Gasteiger partial charge < -0.3 is 20.1 Å². The quantitative estimate of drug-likeness (QED) is 0.775. The number of carbonyl (C=O) groups excluding carboxylic acids is 1. The van der Waals surface area contributed by atoms with Crippen molar-refractivity contribution in [3.63, 3.8) is 0 Å². The van der Waals surface area contributed by atoms with Crippen molar-refractivity contribution in [2.75, 3.05) is 25.4 Å². The van der Waals surface area contributed by atoms with Crippen LogP contribution in [0.25, 0.3) is 5.57 Å². The zero-order chi connectivity index (χ0) is 19.7. The number of likely N-dealkylation sites (tertiary alicyclic amines) is 1. The van der Waals surface area contributed by atoms with Gasteiger partial charge in [-0.25, -0.2) is 4.79 Å². The summed E-state index contributed by atoms with van der Waals surface area (Å²) in [6, 6.07) is 7.58. The lowest BCUT2D eigenvalue weighted by Gasteiger charge is -2.29. The third kappa shape index (κ3) is 3.52. The number of nitrogens with two attached hydrogens (primary N) is 1. The van der Waals surface area contributed by atoms with E-state index in [1.807, 2.05) is 31.2 Å². The SMILES string of the molecule is CCOC(=O)N1CCC(=C2c3ccc(Cl)cc3OCc3cc(N)cnc32)CC1. The summed E-state index contributed by atoms with van der Waals surface area (Å²) in [6.45, 7) is 3.81. The summed E-state index contributed by atoms with van der Waals surface area (Å²) in [6.07, 6.45) is 2.92. The van der Waals surface area contributed by atoms with Crippen molar-refractivity contribution < 1.29 is 14.3 Å². The molecule has 1 aromatic heterocycles. The number of halogens is 1. The number of amides is 1. The van der Waals surface area contributed by atoms with Gasteiger partial charge in [-0.15, -0.1) is 0 Å². The summed E-state index contributed by atoms with van der Waals surface area (Å²) in [7, 11) is 0. The molecular weight excluding hydrogens is 378 g/mol. The lowest BCUT2D eigenvalue weighted by atomic mass is 9.89. The van der Waals surface area contributed by atoms with Crippen LogP contribution >= 0.6 is 11.6 Å². The number of piperidine rings is 1. The number of nitrogens with zero attached hydrogens (tertiary/aromatic N) is 2. The molecule has 4 rings (SSSR count). The first-order chi connectivity index (χ1) is 13.6. The van der Waals surface area contributed by atoms with Gasteiger partial charge in [-0.3, -0.25) is 4.98 Å². The molecule has 2 aliphatic rings. The predicted octanol–water partition coefficient (Wildman–Crippen LogP) is 4.26. The van der Waals surface area contributed by atoms with Crippen molar-refractivity contribution in [2.45, 2.75) is 26.4 Å². The summed E-state index contributed by atoms with van der Waals surface area (Å²) in [5, 5.41) is 0.624.